The van der Waals surface area contributed by atoms with Crippen LogP contribution in [-0.4, -0.2) is 6.04 Å². The van der Waals surface area contributed by atoms with Crippen molar-refractivity contribution in [1.82, 2.24) is 0 Å². The third-order valence-corrected chi connectivity index (χ3v) is 3.59. The van der Waals surface area contributed by atoms with Crippen molar-refractivity contribution in [3.05, 3.63) is 29.3 Å². The summed E-state index contributed by atoms with van der Waals surface area (Å²) < 4.78 is 0. The van der Waals surface area contributed by atoms with Crippen molar-refractivity contribution in [2.24, 2.45) is 5.41 Å². The Morgan fingerprint density at radius 3 is 2.50 bits per heavy atom. The van der Waals surface area contributed by atoms with Gasteiger partial charge >= 0.3 is 0 Å². The van der Waals surface area contributed by atoms with Crippen molar-refractivity contribution in [1.29, 1.82) is 0 Å². The molecule has 16 heavy (non-hydrogen) atoms. The number of hydrogen-bond donors (Lipinski definition) is 1. The molecule has 1 unspecified atom stereocenters. The van der Waals surface area contributed by atoms with Crippen LogP contribution in [0.2, 0.25) is 0 Å². The van der Waals surface area contributed by atoms with Crippen LogP contribution in [0.5, 0.6) is 0 Å². The molecule has 1 nitrogen and oxygen atoms in total. The molecule has 1 N–H and O–H groups in total. The van der Waals surface area contributed by atoms with Gasteiger partial charge in [-0.2, -0.15) is 0 Å². The number of rotatable bonds is 1. The minimum absolute atomic E-state index is 0.327. The van der Waals surface area contributed by atoms with Gasteiger partial charge in [0.15, 0.2) is 0 Å². The second kappa shape index (κ2) is 3.80. The van der Waals surface area contributed by atoms with Crippen molar-refractivity contribution in [3.8, 4) is 0 Å². The predicted molar refractivity (Wildman–Crippen MR) is 71.1 cm³/mol. The van der Waals surface area contributed by atoms with Gasteiger partial charge in [-0.05, 0) is 28.9 Å². The number of para-hydroxylation sites is 1. The largest absolute Gasteiger partial charge is 0.381 e. The maximum atomic E-state index is 3.72. The first-order chi connectivity index (χ1) is 7.39. The lowest BCUT2D eigenvalue weighted by molar-refractivity contribution is 0.347. The summed E-state index contributed by atoms with van der Waals surface area (Å²) in [4.78, 5) is 0. The fraction of sp³-hybridized carbons (Fsp3) is 0.600. The van der Waals surface area contributed by atoms with E-state index in [0.29, 0.717) is 17.4 Å². The minimum atomic E-state index is 0.327. The second-order valence-corrected chi connectivity index (χ2v) is 6.30. The predicted octanol–water partition coefficient (Wildman–Crippen LogP) is 4.19. The summed E-state index contributed by atoms with van der Waals surface area (Å²) >= 11 is 0. The molecule has 0 saturated heterocycles. The summed E-state index contributed by atoms with van der Waals surface area (Å²) in [5.41, 5.74) is 4.68. The Bertz CT molecular complexity index is 385. The third-order valence-electron chi connectivity index (χ3n) is 3.59. The molecule has 1 heteroatoms. The SMILES string of the molecule is CC(C)c1cccc2c1NC(C(C)(C)C)C2. The lowest BCUT2D eigenvalue weighted by Crippen LogP contribution is -2.31. The fourth-order valence-electron chi connectivity index (χ4n) is 2.42. The van der Waals surface area contributed by atoms with Crippen LogP contribution in [0.1, 0.15) is 51.7 Å². The van der Waals surface area contributed by atoms with E-state index in [1.165, 1.54) is 23.2 Å². The molecule has 1 aliphatic rings. The molecule has 0 radical (unpaired) electrons. The van der Waals surface area contributed by atoms with Gasteiger partial charge in [-0.1, -0.05) is 52.8 Å². The van der Waals surface area contributed by atoms with E-state index in [1.807, 2.05) is 0 Å². The van der Waals surface area contributed by atoms with Gasteiger partial charge in [-0.25, -0.2) is 0 Å². The molecular weight excluding hydrogens is 194 g/mol. The molecule has 0 fully saturated rings. The number of anilines is 1. The number of hydrogen-bond acceptors (Lipinski definition) is 1. The molecule has 1 atom stereocenters. The van der Waals surface area contributed by atoms with Crippen LogP contribution in [0.25, 0.3) is 0 Å². The molecule has 0 bridgehead atoms. The van der Waals surface area contributed by atoms with Gasteiger partial charge in [0.2, 0.25) is 0 Å². The number of benzene rings is 1. The zero-order chi connectivity index (χ0) is 11.9. The summed E-state index contributed by atoms with van der Waals surface area (Å²) in [5.74, 6) is 0.598. The Morgan fingerprint density at radius 2 is 1.94 bits per heavy atom. The van der Waals surface area contributed by atoms with Gasteiger partial charge in [-0.15, -0.1) is 0 Å². The number of fused-ring (bicyclic) bond motifs is 1. The van der Waals surface area contributed by atoms with Crippen molar-refractivity contribution in [3.63, 3.8) is 0 Å². The van der Waals surface area contributed by atoms with Crippen LogP contribution in [-0.2, 0) is 6.42 Å². The Morgan fingerprint density at radius 1 is 1.25 bits per heavy atom. The lowest BCUT2D eigenvalue weighted by atomic mass is 9.85. The van der Waals surface area contributed by atoms with Gasteiger partial charge < -0.3 is 5.32 Å². The molecule has 0 aromatic heterocycles. The highest BCUT2D eigenvalue weighted by Crippen LogP contribution is 2.38. The van der Waals surface area contributed by atoms with Crippen molar-refractivity contribution in [2.45, 2.75) is 53.0 Å². The molecule has 1 aromatic carbocycles. The van der Waals surface area contributed by atoms with E-state index in [9.17, 15) is 0 Å². The van der Waals surface area contributed by atoms with Crippen molar-refractivity contribution >= 4 is 5.69 Å². The minimum Gasteiger partial charge on any atom is -0.381 e. The number of nitrogens with one attached hydrogen (secondary N) is 1. The van der Waals surface area contributed by atoms with Crippen molar-refractivity contribution in [2.75, 3.05) is 5.32 Å². The maximum absolute atomic E-state index is 3.72. The molecule has 1 aliphatic heterocycles. The van der Waals surface area contributed by atoms with E-state index < -0.39 is 0 Å². The molecule has 0 amide bonds. The van der Waals surface area contributed by atoms with Gasteiger partial charge in [0.25, 0.3) is 0 Å². The van der Waals surface area contributed by atoms with Crippen LogP contribution < -0.4 is 5.32 Å². The summed E-state index contributed by atoms with van der Waals surface area (Å²) in [7, 11) is 0. The first-order valence-corrected chi connectivity index (χ1v) is 6.28. The molecular formula is C15H23N. The van der Waals surface area contributed by atoms with E-state index >= 15 is 0 Å². The fourth-order valence-corrected chi connectivity index (χ4v) is 2.42. The van der Waals surface area contributed by atoms with Crippen LogP contribution in [0.15, 0.2) is 18.2 Å². The Balaban J connectivity index is 2.34. The Labute approximate surface area is 99.3 Å². The highest BCUT2D eigenvalue weighted by Gasteiger charge is 2.31. The van der Waals surface area contributed by atoms with Gasteiger partial charge in [0, 0.05) is 11.7 Å². The van der Waals surface area contributed by atoms with E-state index in [2.05, 4.69) is 58.1 Å². The molecule has 0 aliphatic carbocycles. The van der Waals surface area contributed by atoms with E-state index in [0.717, 1.165) is 0 Å². The first kappa shape index (κ1) is 11.5. The van der Waals surface area contributed by atoms with Crippen LogP contribution >= 0.6 is 0 Å². The van der Waals surface area contributed by atoms with E-state index in [1.54, 1.807) is 0 Å². The Kier molecular flexibility index (Phi) is 2.73. The average Bonchev–Trinajstić information content (AvgIpc) is 2.59. The zero-order valence-electron chi connectivity index (χ0n) is 11.1. The van der Waals surface area contributed by atoms with Crippen LogP contribution in [0.3, 0.4) is 0 Å². The normalized spacial score (nSPS) is 19.8. The first-order valence-electron chi connectivity index (χ1n) is 6.28. The standard InChI is InChI=1S/C15H23N/c1-10(2)12-8-6-7-11-9-13(15(3,4)5)16-14(11)12/h6-8,10,13,16H,9H2,1-5H3. The van der Waals surface area contributed by atoms with E-state index in [4.69, 9.17) is 0 Å². The summed E-state index contributed by atoms with van der Waals surface area (Å²) in [6.45, 7) is 11.5. The molecule has 1 heterocycles. The average molecular weight is 217 g/mol. The van der Waals surface area contributed by atoms with Gasteiger partial charge in [0.05, 0.1) is 0 Å². The molecule has 1 aromatic rings. The topological polar surface area (TPSA) is 12.0 Å². The van der Waals surface area contributed by atoms with Gasteiger partial charge in [0.1, 0.15) is 0 Å². The van der Waals surface area contributed by atoms with E-state index in [-0.39, 0.29) is 0 Å². The molecule has 2 rings (SSSR count). The summed E-state index contributed by atoms with van der Waals surface area (Å²) in [6.07, 6.45) is 1.17. The summed E-state index contributed by atoms with van der Waals surface area (Å²) in [5, 5.41) is 3.72. The van der Waals surface area contributed by atoms with Crippen LogP contribution in [0, 0.1) is 5.41 Å². The lowest BCUT2D eigenvalue weighted by Gasteiger charge is -2.27. The third kappa shape index (κ3) is 1.95. The zero-order valence-corrected chi connectivity index (χ0v) is 11.1. The monoisotopic (exact) mass is 217 g/mol. The summed E-state index contributed by atoms with van der Waals surface area (Å²) in [6, 6.07) is 7.28. The maximum Gasteiger partial charge on any atom is 0.0411 e. The quantitative estimate of drug-likeness (QED) is 0.743. The highest BCUT2D eigenvalue weighted by molar-refractivity contribution is 5.63. The van der Waals surface area contributed by atoms with Gasteiger partial charge in [-0.3, -0.25) is 0 Å². The molecule has 0 spiro atoms. The van der Waals surface area contributed by atoms with Crippen LogP contribution in [0.4, 0.5) is 5.69 Å². The highest BCUT2D eigenvalue weighted by atomic mass is 15.0. The Hall–Kier alpha value is -0.980. The molecule has 0 saturated carbocycles. The smallest absolute Gasteiger partial charge is 0.0411 e. The van der Waals surface area contributed by atoms with Crippen molar-refractivity contribution < 1.29 is 0 Å². The molecule has 88 valence electrons. The second-order valence-electron chi connectivity index (χ2n) is 6.30.